The summed E-state index contributed by atoms with van der Waals surface area (Å²) in [5.74, 6) is -0.188. The monoisotopic (exact) mass is 324 g/mol. The second kappa shape index (κ2) is 5.72. The van der Waals surface area contributed by atoms with Crippen LogP contribution in [0.3, 0.4) is 0 Å². The van der Waals surface area contributed by atoms with E-state index in [-0.39, 0.29) is 0 Å². The van der Waals surface area contributed by atoms with Crippen molar-refractivity contribution in [3.8, 4) is 0 Å². The number of hydrogen-bond donors (Lipinski definition) is 2. The molecule has 122 valence electrons. The first-order valence-corrected chi connectivity index (χ1v) is 7.89. The molecule has 0 bridgehead atoms. The van der Waals surface area contributed by atoms with Crippen LogP contribution in [-0.2, 0) is 11.3 Å². The maximum atomic E-state index is 14.3. The average Bonchev–Trinajstić information content (AvgIpc) is 2.92. The summed E-state index contributed by atoms with van der Waals surface area (Å²) in [4.78, 5) is 18.2. The number of allylic oxidation sites excluding steroid dienone is 1. The van der Waals surface area contributed by atoms with Crippen molar-refractivity contribution in [3.05, 3.63) is 70.5 Å². The fourth-order valence-electron chi connectivity index (χ4n) is 3.32. The number of aliphatic imine (C=N–C) groups is 1. The average molecular weight is 324 g/mol. The number of hydrogen-bond acceptors (Lipinski definition) is 4. The molecule has 0 aliphatic carbocycles. The van der Waals surface area contributed by atoms with Crippen molar-refractivity contribution in [2.24, 2.45) is 4.99 Å². The van der Waals surface area contributed by atoms with E-state index >= 15 is 0 Å². The summed E-state index contributed by atoms with van der Waals surface area (Å²) < 4.78 is 14.3. The number of nitrogens with one attached hydrogen (secondary N) is 2. The van der Waals surface area contributed by atoms with Crippen molar-refractivity contribution in [2.45, 2.75) is 13.0 Å². The summed E-state index contributed by atoms with van der Waals surface area (Å²) in [7, 11) is 1.90. The highest BCUT2D eigenvalue weighted by atomic mass is 19.1. The minimum atomic E-state index is -0.545. The molecule has 0 saturated carbocycles. The number of rotatable bonds is 3. The largest absolute Gasteiger partial charge is 0.324 e. The van der Waals surface area contributed by atoms with Gasteiger partial charge in [-0.2, -0.15) is 0 Å². The van der Waals surface area contributed by atoms with Crippen LogP contribution in [0.1, 0.15) is 17.5 Å². The maximum Gasteiger partial charge on any atom is 0.251 e. The first kappa shape index (κ1) is 14.8. The fraction of sp³-hybridized carbons (Fsp3) is 0.222. The summed E-state index contributed by atoms with van der Waals surface area (Å²) in [5.41, 5.74) is 3.98. The predicted molar refractivity (Wildman–Crippen MR) is 89.5 cm³/mol. The Labute approximate surface area is 139 Å². The van der Waals surface area contributed by atoms with E-state index in [1.165, 1.54) is 6.20 Å². The molecule has 4 rings (SSSR count). The highest BCUT2D eigenvalue weighted by molar-refractivity contribution is 6.03. The van der Waals surface area contributed by atoms with Crippen LogP contribution in [0, 0.1) is 0 Å². The Morgan fingerprint density at radius 1 is 1.42 bits per heavy atom. The molecule has 3 aliphatic rings. The second-order valence-electron chi connectivity index (χ2n) is 5.94. The number of nitrogens with zero attached hydrogens (tertiary/aromatic N) is 2. The number of amidine groups is 1. The van der Waals surface area contributed by atoms with Crippen molar-refractivity contribution in [2.75, 3.05) is 13.6 Å². The van der Waals surface area contributed by atoms with Gasteiger partial charge in [0.25, 0.3) is 5.91 Å². The Kier molecular flexibility index (Phi) is 3.54. The van der Waals surface area contributed by atoms with Crippen LogP contribution in [0.4, 0.5) is 4.39 Å². The zero-order valence-electron chi connectivity index (χ0n) is 13.3. The van der Waals surface area contributed by atoms with Gasteiger partial charge in [0.2, 0.25) is 0 Å². The SMILES string of the molecule is CNCc1cccc(C2=NC=C3C(F)=CC(=O)NC4=C3N2CC4)c1. The summed E-state index contributed by atoms with van der Waals surface area (Å²) in [6, 6.07) is 8.11. The first-order chi connectivity index (χ1) is 11.7. The Hall–Kier alpha value is -2.73. The molecule has 0 atom stereocenters. The second-order valence-corrected chi connectivity index (χ2v) is 5.94. The van der Waals surface area contributed by atoms with Crippen LogP contribution in [0.25, 0.3) is 0 Å². The lowest BCUT2D eigenvalue weighted by atomic mass is 10.1. The molecule has 0 fully saturated rings. The van der Waals surface area contributed by atoms with E-state index < -0.39 is 11.7 Å². The van der Waals surface area contributed by atoms with E-state index in [1.54, 1.807) is 0 Å². The lowest BCUT2D eigenvalue weighted by Gasteiger charge is -2.28. The molecule has 3 heterocycles. The van der Waals surface area contributed by atoms with Gasteiger partial charge < -0.3 is 15.5 Å². The summed E-state index contributed by atoms with van der Waals surface area (Å²) in [6.45, 7) is 1.44. The molecule has 0 spiro atoms. The molecule has 24 heavy (non-hydrogen) atoms. The molecule has 0 saturated heterocycles. The molecule has 1 amide bonds. The molecule has 2 N–H and O–H groups in total. The molecule has 0 unspecified atom stereocenters. The third-order valence-corrected chi connectivity index (χ3v) is 4.32. The van der Waals surface area contributed by atoms with Crippen molar-refractivity contribution in [3.63, 3.8) is 0 Å². The van der Waals surface area contributed by atoms with Crippen LogP contribution in [0.2, 0.25) is 0 Å². The van der Waals surface area contributed by atoms with Gasteiger partial charge in [-0.3, -0.25) is 4.79 Å². The summed E-state index contributed by atoms with van der Waals surface area (Å²) >= 11 is 0. The van der Waals surface area contributed by atoms with E-state index in [1.807, 2.05) is 30.1 Å². The standard InChI is InChI=1S/C18H17FN4O/c1-20-9-11-3-2-4-12(7-11)18-21-10-13-14(19)8-16(24)22-15-5-6-23(18)17(13)15/h2-4,7-8,10,20H,5-6,9H2,1H3,(H,22,24). The molecule has 6 heteroatoms. The molecule has 0 radical (unpaired) electrons. The minimum Gasteiger partial charge on any atom is -0.324 e. The van der Waals surface area contributed by atoms with E-state index in [9.17, 15) is 9.18 Å². The number of benzene rings is 1. The van der Waals surface area contributed by atoms with Crippen molar-refractivity contribution in [1.82, 2.24) is 15.5 Å². The quantitative estimate of drug-likeness (QED) is 0.893. The molecule has 5 nitrogen and oxygen atoms in total. The van der Waals surface area contributed by atoms with Crippen LogP contribution >= 0.6 is 0 Å². The predicted octanol–water partition coefficient (Wildman–Crippen LogP) is 1.95. The Morgan fingerprint density at radius 3 is 3.12 bits per heavy atom. The van der Waals surface area contributed by atoms with E-state index in [0.717, 1.165) is 41.0 Å². The van der Waals surface area contributed by atoms with E-state index in [4.69, 9.17) is 0 Å². The number of halogens is 1. The van der Waals surface area contributed by atoms with Crippen molar-refractivity contribution >= 4 is 11.7 Å². The fourth-order valence-corrected chi connectivity index (χ4v) is 3.32. The van der Waals surface area contributed by atoms with Gasteiger partial charge in [-0.05, 0) is 18.7 Å². The van der Waals surface area contributed by atoms with Gasteiger partial charge in [0.1, 0.15) is 11.7 Å². The van der Waals surface area contributed by atoms with Crippen LogP contribution in [-0.4, -0.2) is 30.2 Å². The van der Waals surface area contributed by atoms with Crippen LogP contribution < -0.4 is 10.6 Å². The molecule has 1 aromatic carbocycles. The molecule has 0 aromatic heterocycles. The normalized spacial score (nSPS) is 19.3. The lowest BCUT2D eigenvalue weighted by Crippen LogP contribution is -2.32. The summed E-state index contributed by atoms with van der Waals surface area (Å²) in [5, 5.41) is 5.91. The number of carbonyl (C=O) groups excluding carboxylic acids is 1. The van der Waals surface area contributed by atoms with Crippen molar-refractivity contribution in [1.29, 1.82) is 0 Å². The third kappa shape index (κ3) is 2.35. The summed E-state index contributed by atoms with van der Waals surface area (Å²) in [6.07, 6.45) is 3.16. The zero-order valence-corrected chi connectivity index (χ0v) is 13.3. The topological polar surface area (TPSA) is 56.7 Å². The Bertz CT molecular complexity index is 850. The van der Waals surface area contributed by atoms with Gasteiger partial charge in [-0.1, -0.05) is 18.2 Å². The van der Waals surface area contributed by atoms with Crippen molar-refractivity contribution < 1.29 is 9.18 Å². The highest BCUT2D eigenvalue weighted by Gasteiger charge is 2.35. The number of carbonyl (C=O) groups is 1. The van der Waals surface area contributed by atoms with Crippen LogP contribution in [0.5, 0.6) is 0 Å². The van der Waals surface area contributed by atoms with Gasteiger partial charge in [0.15, 0.2) is 0 Å². The lowest BCUT2D eigenvalue weighted by molar-refractivity contribution is -0.115. The smallest absolute Gasteiger partial charge is 0.251 e. The third-order valence-electron chi connectivity index (χ3n) is 4.32. The van der Waals surface area contributed by atoms with Gasteiger partial charge in [-0.15, -0.1) is 0 Å². The molecule has 3 aliphatic heterocycles. The first-order valence-electron chi connectivity index (χ1n) is 7.89. The van der Waals surface area contributed by atoms with Gasteiger partial charge in [0.05, 0.1) is 11.3 Å². The van der Waals surface area contributed by atoms with Crippen LogP contribution in [0.15, 0.2) is 64.3 Å². The Morgan fingerprint density at radius 2 is 2.29 bits per heavy atom. The van der Waals surface area contributed by atoms with E-state index in [0.29, 0.717) is 18.5 Å². The highest BCUT2D eigenvalue weighted by Crippen LogP contribution is 2.37. The molecular formula is C18H17FN4O. The zero-order chi connectivity index (χ0) is 16.7. The minimum absolute atomic E-state index is 0.371. The number of amides is 1. The van der Waals surface area contributed by atoms with E-state index in [2.05, 4.69) is 21.7 Å². The van der Waals surface area contributed by atoms with Gasteiger partial charge in [0, 0.05) is 43.0 Å². The maximum absolute atomic E-state index is 14.3. The van der Waals surface area contributed by atoms with Gasteiger partial charge in [-0.25, -0.2) is 9.38 Å². The Balaban J connectivity index is 1.80. The molecular weight excluding hydrogens is 307 g/mol. The van der Waals surface area contributed by atoms with Gasteiger partial charge >= 0.3 is 0 Å². The molecule has 1 aromatic rings.